The number of amides is 1. The van der Waals surface area contributed by atoms with Gasteiger partial charge in [0.15, 0.2) is 6.10 Å². The molecule has 1 N–H and O–H groups in total. The van der Waals surface area contributed by atoms with Crippen molar-refractivity contribution >= 4 is 22.9 Å². The molecule has 0 saturated carbocycles. The van der Waals surface area contributed by atoms with Crippen LogP contribution in [0.1, 0.15) is 23.1 Å². The zero-order chi connectivity index (χ0) is 18.7. The molecule has 5 heteroatoms. The highest BCUT2D eigenvalue weighted by molar-refractivity contribution is 7.09. The van der Waals surface area contributed by atoms with E-state index in [-0.39, 0.29) is 5.91 Å². The van der Waals surface area contributed by atoms with Gasteiger partial charge in [-0.1, -0.05) is 24.3 Å². The van der Waals surface area contributed by atoms with E-state index in [1.165, 1.54) is 0 Å². The van der Waals surface area contributed by atoms with Crippen molar-refractivity contribution in [3.63, 3.8) is 0 Å². The zero-order valence-electron chi connectivity index (χ0n) is 15.4. The van der Waals surface area contributed by atoms with Gasteiger partial charge in [-0.15, -0.1) is 11.3 Å². The molecule has 1 unspecified atom stereocenters. The van der Waals surface area contributed by atoms with E-state index in [2.05, 4.69) is 16.4 Å². The first kappa shape index (κ1) is 18.1. The van der Waals surface area contributed by atoms with Crippen LogP contribution in [0.25, 0.3) is 11.3 Å². The lowest BCUT2D eigenvalue weighted by molar-refractivity contribution is -0.122. The normalized spacial score (nSPS) is 11.8. The van der Waals surface area contributed by atoms with Crippen LogP contribution in [0.2, 0.25) is 0 Å². The number of ether oxygens (including phenoxy) is 1. The Morgan fingerprint density at radius 3 is 2.46 bits per heavy atom. The third kappa shape index (κ3) is 4.29. The molecule has 134 valence electrons. The van der Waals surface area contributed by atoms with E-state index in [1.54, 1.807) is 18.3 Å². The van der Waals surface area contributed by atoms with Crippen LogP contribution in [0.5, 0.6) is 5.75 Å². The molecule has 0 spiro atoms. The number of thiazole rings is 1. The average molecular weight is 366 g/mol. The van der Waals surface area contributed by atoms with Crippen molar-refractivity contribution in [3.05, 3.63) is 64.0 Å². The van der Waals surface area contributed by atoms with Crippen LogP contribution in [0, 0.1) is 20.8 Å². The molecule has 1 aromatic heterocycles. The first-order valence-electron chi connectivity index (χ1n) is 8.50. The number of nitrogens with zero attached hydrogens (tertiary/aromatic N) is 1. The van der Waals surface area contributed by atoms with E-state index in [1.807, 2.05) is 62.5 Å². The fourth-order valence-electron chi connectivity index (χ4n) is 2.80. The summed E-state index contributed by atoms with van der Waals surface area (Å²) in [4.78, 5) is 17.1. The van der Waals surface area contributed by atoms with Crippen LogP contribution in [-0.2, 0) is 4.79 Å². The van der Waals surface area contributed by atoms with E-state index < -0.39 is 6.10 Å². The molecule has 3 rings (SSSR count). The molecule has 0 aliphatic rings. The Morgan fingerprint density at radius 1 is 1.12 bits per heavy atom. The second kappa shape index (κ2) is 7.70. The number of para-hydroxylation sites is 1. The molecule has 0 aliphatic carbocycles. The van der Waals surface area contributed by atoms with Gasteiger partial charge in [-0.05, 0) is 57.0 Å². The lowest BCUT2D eigenvalue weighted by atomic mass is 10.1. The summed E-state index contributed by atoms with van der Waals surface area (Å²) in [5.41, 5.74) is 4.72. The molecule has 0 aliphatic heterocycles. The standard InChI is InChI=1S/C21H22N2O2S/c1-13-9-14(2)11-17(10-13)25-15(3)21(24)23-19-8-6-5-7-18(19)20-12-26-16(4)22-20/h5-12,15H,1-4H3,(H,23,24). The first-order valence-corrected chi connectivity index (χ1v) is 9.37. The van der Waals surface area contributed by atoms with E-state index >= 15 is 0 Å². The largest absolute Gasteiger partial charge is 0.481 e. The lowest BCUT2D eigenvalue weighted by Crippen LogP contribution is -2.30. The third-order valence-corrected chi connectivity index (χ3v) is 4.73. The monoisotopic (exact) mass is 366 g/mol. The first-order chi connectivity index (χ1) is 12.4. The molecular weight excluding hydrogens is 344 g/mol. The van der Waals surface area contributed by atoms with Gasteiger partial charge in [0.05, 0.1) is 16.4 Å². The van der Waals surface area contributed by atoms with Gasteiger partial charge in [0, 0.05) is 10.9 Å². The van der Waals surface area contributed by atoms with Crippen LogP contribution in [0.15, 0.2) is 47.8 Å². The van der Waals surface area contributed by atoms with Crippen LogP contribution in [-0.4, -0.2) is 17.0 Å². The summed E-state index contributed by atoms with van der Waals surface area (Å²) >= 11 is 1.59. The summed E-state index contributed by atoms with van der Waals surface area (Å²) in [6, 6.07) is 13.6. The Labute approximate surface area is 157 Å². The van der Waals surface area contributed by atoms with Gasteiger partial charge in [-0.3, -0.25) is 4.79 Å². The second-order valence-corrected chi connectivity index (χ2v) is 7.43. The molecule has 3 aromatic rings. The summed E-state index contributed by atoms with van der Waals surface area (Å²) in [6.07, 6.45) is -0.610. The maximum Gasteiger partial charge on any atom is 0.265 e. The lowest BCUT2D eigenvalue weighted by Gasteiger charge is -2.17. The van der Waals surface area contributed by atoms with Crippen molar-refractivity contribution in [2.75, 3.05) is 5.32 Å². The van der Waals surface area contributed by atoms with Crippen LogP contribution in [0.3, 0.4) is 0 Å². The van der Waals surface area contributed by atoms with Crippen LogP contribution in [0.4, 0.5) is 5.69 Å². The molecule has 0 bridgehead atoms. The highest BCUT2D eigenvalue weighted by Gasteiger charge is 2.17. The van der Waals surface area contributed by atoms with E-state index in [4.69, 9.17) is 4.74 Å². The minimum absolute atomic E-state index is 0.191. The number of hydrogen-bond donors (Lipinski definition) is 1. The number of anilines is 1. The topological polar surface area (TPSA) is 51.2 Å². The molecule has 1 amide bonds. The maximum atomic E-state index is 12.6. The van der Waals surface area contributed by atoms with Gasteiger partial charge in [-0.25, -0.2) is 4.98 Å². The molecule has 26 heavy (non-hydrogen) atoms. The number of carbonyl (C=O) groups is 1. The maximum absolute atomic E-state index is 12.6. The number of aryl methyl sites for hydroxylation is 3. The number of rotatable bonds is 5. The van der Waals surface area contributed by atoms with Gasteiger partial charge in [0.25, 0.3) is 5.91 Å². The van der Waals surface area contributed by atoms with Crippen molar-refractivity contribution < 1.29 is 9.53 Å². The summed E-state index contributed by atoms with van der Waals surface area (Å²) < 4.78 is 5.83. The Bertz CT molecular complexity index is 913. The van der Waals surface area contributed by atoms with Crippen LogP contribution < -0.4 is 10.1 Å². The number of carbonyl (C=O) groups excluding carboxylic acids is 1. The zero-order valence-corrected chi connectivity index (χ0v) is 16.2. The summed E-state index contributed by atoms with van der Waals surface area (Å²) in [7, 11) is 0. The highest BCUT2D eigenvalue weighted by atomic mass is 32.1. The second-order valence-electron chi connectivity index (χ2n) is 6.37. The molecular formula is C21H22N2O2S. The van der Waals surface area contributed by atoms with Crippen molar-refractivity contribution in [2.24, 2.45) is 0 Å². The Kier molecular flexibility index (Phi) is 5.38. The molecule has 1 heterocycles. The van der Waals surface area contributed by atoms with Crippen molar-refractivity contribution in [1.82, 2.24) is 4.98 Å². The molecule has 0 saturated heterocycles. The smallest absolute Gasteiger partial charge is 0.265 e. The van der Waals surface area contributed by atoms with Gasteiger partial charge in [0.2, 0.25) is 0 Å². The predicted molar refractivity (Wildman–Crippen MR) is 107 cm³/mol. The highest BCUT2D eigenvalue weighted by Crippen LogP contribution is 2.29. The van der Waals surface area contributed by atoms with E-state index in [0.29, 0.717) is 5.75 Å². The SMILES string of the molecule is Cc1cc(C)cc(OC(C)C(=O)Nc2ccccc2-c2csc(C)n2)c1. The average Bonchev–Trinajstić information content (AvgIpc) is 3.00. The van der Waals surface area contributed by atoms with Crippen LogP contribution >= 0.6 is 11.3 Å². The van der Waals surface area contributed by atoms with Gasteiger partial charge in [0.1, 0.15) is 5.75 Å². The number of nitrogens with one attached hydrogen (secondary N) is 1. The van der Waals surface area contributed by atoms with Gasteiger partial charge in [-0.2, -0.15) is 0 Å². The molecule has 2 aromatic carbocycles. The fraction of sp³-hybridized carbons (Fsp3) is 0.238. The van der Waals surface area contributed by atoms with Gasteiger partial charge < -0.3 is 10.1 Å². The van der Waals surface area contributed by atoms with Crippen molar-refractivity contribution in [1.29, 1.82) is 0 Å². The number of benzene rings is 2. The fourth-order valence-corrected chi connectivity index (χ4v) is 3.41. The quantitative estimate of drug-likeness (QED) is 0.680. The minimum atomic E-state index is -0.610. The molecule has 0 radical (unpaired) electrons. The number of aromatic nitrogens is 1. The summed E-state index contributed by atoms with van der Waals surface area (Å²) in [6.45, 7) is 7.74. The third-order valence-electron chi connectivity index (χ3n) is 3.96. The predicted octanol–water partition coefficient (Wildman–Crippen LogP) is 5.14. The van der Waals surface area contributed by atoms with Crippen molar-refractivity contribution in [2.45, 2.75) is 33.8 Å². The Morgan fingerprint density at radius 2 is 1.81 bits per heavy atom. The number of hydrogen-bond acceptors (Lipinski definition) is 4. The molecule has 4 nitrogen and oxygen atoms in total. The van der Waals surface area contributed by atoms with Gasteiger partial charge >= 0.3 is 0 Å². The van der Waals surface area contributed by atoms with E-state index in [0.717, 1.165) is 33.1 Å². The Hall–Kier alpha value is -2.66. The minimum Gasteiger partial charge on any atom is -0.481 e. The van der Waals surface area contributed by atoms with Crippen molar-refractivity contribution in [3.8, 4) is 17.0 Å². The van der Waals surface area contributed by atoms with E-state index in [9.17, 15) is 4.79 Å². The summed E-state index contributed by atoms with van der Waals surface area (Å²) in [5, 5.41) is 5.96. The Balaban J connectivity index is 1.75. The molecule has 1 atom stereocenters. The summed E-state index contributed by atoms with van der Waals surface area (Å²) in [5.74, 6) is 0.511. The molecule has 0 fully saturated rings.